The van der Waals surface area contributed by atoms with Gasteiger partial charge < -0.3 is 25.4 Å². The second kappa shape index (κ2) is 19.6. The van der Waals surface area contributed by atoms with Crippen LogP contribution < -0.4 is 26.2 Å². The maximum absolute atomic E-state index is 13.4. The maximum atomic E-state index is 13.4. The van der Waals surface area contributed by atoms with E-state index in [0.717, 1.165) is 27.7 Å². The van der Waals surface area contributed by atoms with Crippen molar-refractivity contribution in [3.8, 4) is 12.1 Å². The molecule has 0 fully saturated rings. The molecule has 0 saturated heterocycles. The van der Waals surface area contributed by atoms with Crippen LogP contribution >= 0.6 is 20.0 Å². The molecule has 0 bridgehead atoms. The highest BCUT2D eigenvalue weighted by Gasteiger charge is 2.30. The highest BCUT2D eigenvalue weighted by atomic mass is 32.2. The van der Waals surface area contributed by atoms with Gasteiger partial charge in [-0.15, -0.1) is 0 Å². The Bertz CT molecular complexity index is 1770. The van der Waals surface area contributed by atoms with Crippen LogP contribution in [0.2, 0.25) is 0 Å². The number of amides is 3. The van der Waals surface area contributed by atoms with E-state index in [0.29, 0.717) is 54.1 Å². The van der Waals surface area contributed by atoms with Crippen molar-refractivity contribution >= 4 is 60.1 Å². The van der Waals surface area contributed by atoms with Crippen LogP contribution in [0.25, 0.3) is 0 Å². The topological polar surface area (TPSA) is 158 Å². The molecule has 3 aromatic rings. The molecule has 1 atom stereocenters. The number of hydrogen-bond donors (Lipinski definition) is 4. The van der Waals surface area contributed by atoms with Crippen molar-refractivity contribution in [2.45, 2.75) is 38.5 Å². The Hall–Kier alpha value is -5.19. The van der Waals surface area contributed by atoms with Gasteiger partial charge in [-0.1, -0.05) is 45.1 Å². The van der Waals surface area contributed by atoms with E-state index < -0.39 is 19.7 Å². The Kier molecular flexibility index (Phi) is 15.3. The van der Waals surface area contributed by atoms with Gasteiger partial charge >= 0.3 is 0 Å². The van der Waals surface area contributed by atoms with Gasteiger partial charge in [-0.25, -0.2) is 0 Å². The van der Waals surface area contributed by atoms with E-state index in [9.17, 15) is 29.5 Å². The number of nitrogens with zero attached hydrogens (tertiary/aromatic N) is 3. The number of hydrogen-bond acceptors (Lipinski definition) is 8. The lowest BCUT2D eigenvalue weighted by Gasteiger charge is -2.22. The van der Waals surface area contributed by atoms with Gasteiger partial charge in [-0.05, 0) is 87.8 Å². The van der Waals surface area contributed by atoms with Crippen LogP contribution in [0.15, 0.2) is 107 Å². The Morgan fingerprint density at radius 3 is 2.08 bits per heavy atom. The Labute approximate surface area is 293 Å². The molecule has 3 amide bonds. The van der Waals surface area contributed by atoms with Crippen molar-refractivity contribution in [1.82, 2.24) is 5.32 Å². The molecule has 4 rings (SSSR count). The van der Waals surface area contributed by atoms with Crippen molar-refractivity contribution in [2.24, 2.45) is 0 Å². The largest absolute Gasteiger partial charge is 0.356 e. The molecule has 3 aromatic carbocycles. The molecule has 252 valence electrons. The average molecular weight is 695 g/mol. The van der Waals surface area contributed by atoms with E-state index in [4.69, 9.17) is 0 Å². The van der Waals surface area contributed by atoms with Gasteiger partial charge in [-0.3, -0.25) is 14.4 Å². The number of allylic oxidation sites excluding steroid dienone is 4. The zero-order valence-corrected chi connectivity index (χ0v) is 29.6. The van der Waals surface area contributed by atoms with Crippen LogP contribution in [0.3, 0.4) is 0 Å². The molecule has 12 heteroatoms. The summed E-state index contributed by atoms with van der Waals surface area (Å²) in [4.78, 5) is 41.4. The minimum atomic E-state index is -0.783. The summed E-state index contributed by atoms with van der Waals surface area (Å²) < 4.78 is 9.63. The minimum Gasteiger partial charge on any atom is -0.356 e. The van der Waals surface area contributed by atoms with Gasteiger partial charge in [0.1, 0.15) is 5.57 Å². The van der Waals surface area contributed by atoms with Gasteiger partial charge in [0.25, 0.3) is 11.8 Å². The van der Waals surface area contributed by atoms with Crippen LogP contribution in [0.5, 0.6) is 0 Å². The predicted molar refractivity (Wildman–Crippen MR) is 199 cm³/mol. The third kappa shape index (κ3) is 10.7. The third-order valence-electron chi connectivity index (χ3n) is 7.13. The van der Waals surface area contributed by atoms with Gasteiger partial charge in [0.2, 0.25) is 5.91 Å². The zero-order chi connectivity index (χ0) is 35.8. The first-order chi connectivity index (χ1) is 23.8. The van der Waals surface area contributed by atoms with Crippen molar-refractivity contribution in [2.75, 3.05) is 35.3 Å². The molecular formula is C37H39N6O4PS. The smallest absolute Gasteiger partial charge is 0.261 e. The molecule has 1 aliphatic heterocycles. The van der Waals surface area contributed by atoms with Crippen molar-refractivity contribution in [3.05, 3.63) is 113 Å². The van der Waals surface area contributed by atoms with Crippen molar-refractivity contribution in [1.29, 1.82) is 10.5 Å². The summed E-state index contributed by atoms with van der Waals surface area (Å²) in [6.07, 6.45) is 7.87. The van der Waals surface area contributed by atoms with Gasteiger partial charge in [-0.2, -0.15) is 10.5 Å². The molecule has 1 aliphatic rings. The fourth-order valence-corrected chi connectivity index (χ4v) is 7.17. The number of nitrogens with one attached hydrogen (secondary N) is 3. The molecule has 49 heavy (non-hydrogen) atoms. The number of anilines is 3. The second-order valence-corrected chi connectivity index (χ2v) is 13.0. The van der Waals surface area contributed by atoms with Gasteiger partial charge in [0.15, 0.2) is 0 Å². The number of carbonyl (C=O) groups is 3. The van der Waals surface area contributed by atoms with Crippen LogP contribution in [0, 0.1) is 22.7 Å². The fraction of sp³-hybridized carbons (Fsp3) is 0.216. The van der Waals surface area contributed by atoms with E-state index in [-0.39, 0.29) is 11.5 Å². The Morgan fingerprint density at radius 1 is 0.918 bits per heavy atom. The summed E-state index contributed by atoms with van der Waals surface area (Å²) in [6.45, 7) is 9.14. The van der Waals surface area contributed by atoms with Crippen LogP contribution in [-0.2, 0) is 14.4 Å². The SMILES string of the molecule is CC.CCC(=O)NCCCN1/C(=C/C=C/C=C(C(=O)Nc2cccc(C#N)c2)C(=O)Nc2cccc(C#N)c2)P(C)c2cc(SO)ccc21. The molecular weight excluding hydrogens is 655 g/mol. The standard InChI is InChI=1S/C35H33N6O4PS.C2H6/c1-3-32(42)38-17-8-18-41-30-16-15-28(47-45)21-31(30)46(2)33(41)14-5-4-13-29(34(43)39-26-11-6-9-24(19-26)22-36)35(44)40-27-12-7-10-25(20-27)23-37;1-2/h4-7,9-16,19-21,45H,3,8,17-18H2,1-2H3,(H,38,42)(H,39,43)(H,40,44);1-2H3/b5-4+,33-14-;. The summed E-state index contributed by atoms with van der Waals surface area (Å²) in [5, 5.41) is 27.9. The molecule has 4 N–H and O–H groups in total. The summed E-state index contributed by atoms with van der Waals surface area (Å²) in [5.74, 6) is -1.36. The van der Waals surface area contributed by atoms with Gasteiger partial charge in [0.05, 0.1) is 23.3 Å². The quantitative estimate of drug-likeness (QED) is 0.0297. The second-order valence-electron chi connectivity index (χ2n) is 10.3. The van der Waals surface area contributed by atoms with Crippen LogP contribution in [-0.4, -0.2) is 42.0 Å². The first-order valence-electron chi connectivity index (χ1n) is 15.7. The molecule has 1 unspecified atom stereocenters. The highest BCUT2D eigenvalue weighted by molar-refractivity contribution is 7.93. The van der Waals surface area contributed by atoms with E-state index >= 15 is 0 Å². The molecule has 1 heterocycles. The van der Waals surface area contributed by atoms with Crippen molar-refractivity contribution < 1.29 is 18.9 Å². The van der Waals surface area contributed by atoms with E-state index in [1.807, 2.05) is 57.2 Å². The van der Waals surface area contributed by atoms with E-state index in [1.165, 1.54) is 18.2 Å². The molecule has 0 spiro atoms. The van der Waals surface area contributed by atoms with E-state index in [1.54, 1.807) is 48.6 Å². The number of benzene rings is 3. The summed E-state index contributed by atoms with van der Waals surface area (Å²) in [5.41, 5.74) is 3.31. The average Bonchev–Trinajstić information content (AvgIpc) is 3.39. The maximum Gasteiger partial charge on any atom is 0.261 e. The van der Waals surface area contributed by atoms with Crippen molar-refractivity contribution in [3.63, 3.8) is 0 Å². The molecule has 0 aliphatic carbocycles. The van der Waals surface area contributed by atoms with Gasteiger partial charge in [0, 0.05) is 64.3 Å². The lowest BCUT2D eigenvalue weighted by atomic mass is 10.1. The lowest BCUT2D eigenvalue weighted by molar-refractivity contribution is -0.121. The lowest BCUT2D eigenvalue weighted by Crippen LogP contribution is -2.28. The minimum absolute atomic E-state index is 0.000854. The highest BCUT2D eigenvalue weighted by Crippen LogP contribution is 2.52. The number of nitriles is 2. The monoisotopic (exact) mass is 694 g/mol. The Morgan fingerprint density at radius 2 is 1.53 bits per heavy atom. The van der Waals surface area contributed by atoms with Crippen LogP contribution in [0.1, 0.15) is 44.7 Å². The number of carbonyl (C=O) groups excluding carboxylic acids is 3. The summed E-state index contributed by atoms with van der Waals surface area (Å²) in [7, 11) is -0.783. The number of fused-ring (bicyclic) bond motifs is 1. The normalized spacial score (nSPS) is 13.7. The Balaban J connectivity index is 0.00000319. The fourth-order valence-electron chi connectivity index (χ4n) is 4.79. The third-order valence-corrected chi connectivity index (χ3v) is 9.76. The summed E-state index contributed by atoms with van der Waals surface area (Å²) >= 11 is 0.697. The molecule has 0 radical (unpaired) electrons. The molecule has 10 nitrogen and oxygen atoms in total. The summed E-state index contributed by atoms with van der Waals surface area (Å²) in [6, 6.07) is 22.6. The molecule has 0 aromatic heterocycles. The van der Waals surface area contributed by atoms with Crippen LogP contribution in [0.4, 0.5) is 17.1 Å². The van der Waals surface area contributed by atoms with E-state index in [2.05, 4.69) is 27.5 Å². The first-order valence-corrected chi connectivity index (χ1v) is 18.3. The molecule has 0 saturated carbocycles. The zero-order valence-electron chi connectivity index (χ0n) is 27.9. The first kappa shape index (κ1) is 38.3. The predicted octanol–water partition coefficient (Wildman–Crippen LogP) is 7.10. The number of rotatable bonds is 12.